The molecule has 0 atom stereocenters. The zero-order valence-electron chi connectivity index (χ0n) is 17.5. The number of ether oxygens (including phenoxy) is 1. The van der Waals surface area contributed by atoms with Gasteiger partial charge in [0.1, 0.15) is 17.1 Å². The second-order valence-corrected chi connectivity index (χ2v) is 8.69. The molecule has 0 aliphatic rings. The largest absolute Gasteiger partial charge is 0.508 e. The van der Waals surface area contributed by atoms with Crippen molar-refractivity contribution in [1.29, 1.82) is 0 Å². The molecule has 0 heterocycles. The summed E-state index contributed by atoms with van der Waals surface area (Å²) in [4.78, 5) is 21.6. The van der Waals surface area contributed by atoms with Crippen LogP contribution in [-0.2, 0) is 27.2 Å². The molecule has 1 aromatic rings. The highest BCUT2D eigenvalue weighted by atomic mass is 16.5. The first-order chi connectivity index (χ1) is 13.0. The SMILES string of the molecule is CC(C)(CCCCc1cc(CCCCC(C)(C)C(=O)O)c(O)cc1O)OC=O. The van der Waals surface area contributed by atoms with Crippen molar-refractivity contribution >= 4 is 12.4 Å². The van der Waals surface area contributed by atoms with E-state index in [0.29, 0.717) is 25.7 Å². The summed E-state index contributed by atoms with van der Waals surface area (Å²) in [5.41, 5.74) is 0.315. The first-order valence-corrected chi connectivity index (χ1v) is 9.87. The van der Waals surface area contributed by atoms with E-state index in [1.807, 2.05) is 19.9 Å². The standard InChI is InChI=1S/C22H34O6/c1-21(2,20(26)27)11-7-5-9-16-13-17(19(25)14-18(16)24)10-6-8-12-22(3,4)28-15-23/h13-15,24-25H,5-12H2,1-4H3,(H,26,27). The fourth-order valence-corrected chi connectivity index (χ4v) is 3.12. The van der Waals surface area contributed by atoms with Crippen LogP contribution < -0.4 is 0 Å². The number of phenols is 2. The molecule has 0 saturated carbocycles. The third kappa shape index (κ3) is 7.79. The van der Waals surface area contributed by atoms with E-state index in [1.165, 1.54) is 6.07 Å². The lowest BCUT2D eigenvalue weighted by atomic mass is 9.86. The van der Waals surface area contributed by atoms with Gasteiger partial charge in [0.05, 0.1) is 5.41 Å². The molecule has 0 aromatic heterocycles. The van der Waals surface area contributed by atoms with Crippen LogP contribution in [-0.4, -0.2) is 33.4 Å². The predicted octanol–water partition coefficient (Wildman–Crippen LogP) is 4.59. The zero-order chi connectivity index (χ0) is 21.4. The van der Waals surface area contributed by atoms with E-state index in [-0.39, 0.29) is 11.5 Å². The van der Waals surface area contributed by atoms with E-state index < -0.39 is 17.0 Å². The van der Waals surface area contributed by atoms with Gasteiger partial charge in [-0.25, -0.2) is 0 Å². The van der Waals surface area contributed by atoms with E-state index in [2.05, 4.69) is 0 Å². The molecule has 0 unspecified atom stereocenters. The topological polar surface area (TPSA) is 104 Å². The minimum atomic E-state index is -0.802. The van der Waals surface area contributed by atoms with Gasteiger partial charge in [-0.1, -0.05) is 6.42 Å². The second-order valence-electron chi connectivity index (χ2n) is 8.69. The normalized spacial score (nSPS) is 12.0. The maximum absolute atomic E-state index is 11.2. The molecule has 3 N–H and O–H groups in total. The molecule has 0 amide bonds. The van der Waals surface area contributed by atoms with E-state index in [0.717, 1.165) is 43.2 Å². The van der Waals surface area contributed by atoms with Gasteiger partial charge in [-0.15, -0.1) is 0 Å². The Kier molecular flexibility index (Phi) is 8.79. The Hall–Kier alpha value is -2.24. The Labute approximate surface area is 167 Å². The number of benzene rings is 1. The molecule has 0 radical (unpaired) electrons. The molecule has 0 bridgehead atoms. The highest BCUT2D eigenvalue weighted by molar-refractivity contribution is 5.73. The lowest BCUT2D eigenvalue weighted by Crippen LogP contribution is -2.23. The Morgan fingerprint density at radius 1 is 0.929 bits per heavy atom. The lowest BCUT2D eigenvalue weighted by molar-refractivity contribution is -0.147. The van der Waals surface area contributed by atoms with Crippen molar-refractivity contribution in [2.75, 3.05) is 0 Å². The lowest BCUT2D eigenvalue weighted by Gasteiger charge is -2.22. The van der Waals surface area contributed by atoms with E-state index in [1.54, 1.807) is 13.8 Å². The van der Waals surface area contributed by atoms with Crippen LogP contribution in [0.2, 0.25) is 0 Å². The number of carbonyl (C=O) groups excluding carboxylic acids is 1. The van der Waals surface area contributed by atoms with Crippen molar-refractivity contribution in [1.82, 2.24) is 0 Å². The number of carbonyl (C=O) groups is 2. The first-order valence-electron chi connectivity index (χ1n) is 9.87. The fraction of sp³-hybridized carbons (Fsp3) is 0.636. The number of aryl methyl sites for hydroxylation is 2. The Morgan fingerprint density at radius 3 is 1.89 bits per heavy atom. The van der Waals surface area contributed by atoms with Gasteiger partial charge < -0.3 is 20.1 Å². The number of hydrogen-bond donors (Lipinski definition) is 3. The molecule has 0 aliphatic carbocycles. The predicted molar refractivity (Wildman–Crippen MR) is 108 cm³/mol. The average Bonchev–Trinajstić information content (AvgIpc) is 2.58. The minimum Gasteiger partial charge on any atom is -0.508 e. The van der Waals surface area contributed by atoms with Gasteiger partial charge in [-0.3, -0.25) is 9.59 Å². The summed E-state index contributed by atoms with van der Waals surface area (Å²) in [6, 6.07) is 3.21. The number of aliphatic carboxylic acids is 1. The third-order valence-corrected chi connectivity index (χ3v) is 5.20. The molecule has 158 valence electrons. The number of unbranched alkanes of at least 4 members (excludes halogenated alkanes) is 2. The molecule has 6 nitrogen and oxygen atoms in total. The van der Waals surface area contributed by atoms with Gasteiger partial charge in [0.15, 0.2) is 0 Å². The summed E-state index contributed by atoms with van der Waals surface area (Å²) in [5, 5.41) is 29.4. The van der Waals surface area contributed by atoms with Gasteiger partial charge in [0.2, 0.25) is 0 Å². The van der Waals surface area contributed by atoms with Crippen LogP contribution in [0, 0.1) is 5.41 Å². The van der Waals surface area contributed by atoms with Crippen LogP contribution >= 0.6 is 0 Å². The maximum Gasteiger partial charge on any atom is 0.309 e. The van der Waals surface area contributed by atoms with Crippen molar-refractivity contribution in [3.8, 4) is 11.5 Å². The van der Waals surface area contributed by atoms with Crippen molar-refractivity contribution in [3.63, 3.8) is 0 Å². The molecule has 0 fully saturated rings. The second kappa shape index (κ2) is 10.3. The zero-order valence-corrected chi connectivity index (χ0v) is 17.5. The number of rotatable bonds is 13. The van der Waals surface area contributed by atoms with Gasteiger partial charge in [0, 0.05) is 6.07 Å². The molecular weight excluding hydrogens is 360 g/mol. The van der Waals surface area contributed by atoms with E-state index in [4.69, 9.17) is 9.84 Å². The molecule has 1 aromatic carbocycles. The van der Waals surface area contributed by atoms with E-state index in [9.17, 15) is 19.8 Å². The molecule has 28 heavy (non-hydrogen) atoms. The highest BCUT2D eigenvalue weighted by Crippen LogP contribution is 2.31. The van der Waals surface area contributed by atoms with Crippen LogP contribution in [0.25, 0.3) is 0 Å². The van der Waals surface area contributed by atoms with Gasteiger partial charge in [0.25, 0.3) is 6.47 Å². The summed E-state index contributed by atoms with van der Waals surface area (Å²) in [7, 11) is 0. The minimum absolute atomic E-state index is 0.0688. The van der Waals surface area contributed by atoms with Crippen molar-refractivity contribution in [2.45, 2.75) is 84.7 Å². The molecule has 0 spiro atoms. The molecule has 1 rings (SSSR count). The van der Waals surface area contributed by atoms with Gasteiger partial charge in [-0.05, 0) is 89.8 Å². The van der Waals surface area contributed by atoms with Crippen LogP contribution in [0.1, 0.15) is 77.3 Å². The van der Waals surface area contributed by atoms with Crippen LogP contribution in [0.15, 0.2) is 12.1 Å². The summed E-state index contributed by atoms with van der Waals surface area (Å²) in [6.45, 7) is 7.63. The number of carboxylic acid groups (broad SMARTS) is 1. The number of aromatic hydroxyl groups is 2. The quantitative estimate of drug-likeness (QED) is 0.334. The van der Waals surface area contributed by atoms with Crippen molar-refractivity contribution in [3.05, 3.63) is 23.3 Å². The van der Waals surface area contributed by atoms with Crippen LogP contribution in [0.5, 0.6) is 11.5 Å². The van der Waals surface area contributed by atoms with Crippen molar-refractivity contribution in [2.24, 2.45) is 5.41 Å². The summed E-state index contributed by atoms with van der Waals surface area (Å²) < 4.78 is 5.03. The smallest absolute Gasteiger partial charge is 0.309 e. The molecule has 0 aliphatic heterocycles. The molecule has 0 saturated heterocycles. The fourth-order valence-electron chi connectivity index (χ4n) is 3.12. The Bertz CT molecular complexity index is 663. The highest BCUT2D eigenvalue weighted by Gasteiger charge is 2.26. The molecular formula is C22H34O6. The maximum atomic E-state index is 11.2. The third-order valence-electron chi connectivity index (χ3n) is 5.20. The molecule has 6 heteroatoms. The van der Waals surface area contributed by atoms with Crippen LogP contribution in [0.3, 0.4) is 0 Å². The van der Waals surface area contributed by atoms with Crippen LogP contribution in [0.4, 0.5) is 0 Å². The first kappa shape index (κ1) is 23.8. The van der Waals surface area contributed by atoms with Gasteiger partial charge >= 0.3 is 5.97 Å². The Morgan fingerprint density at radius 2 is 1.43 bits per heavy atom. The summed E-state index contributed by atoms with van der Waals surface area (Å²) in [6.07, 6.45) is 5.81. The number of hydrogen-bond acceptors (Lipinski definition) is 5. The van der Waals surface area contributed by atoms with Crippen molar-refractivity contribution < 1.29 is 29.6 Å². The summed E-state index contributed by atoms with van der Waals surface area (Å²) >= 11 is 0. The average molecular weight is 395 g/mol. The Balaban J connectivity index is 2.56. The van der Waals surface area contributed by atoms with E-state index >= 15 is 0 Å². The number of phenolic OH excluding ortho intramolecular Hbond substituents is 2. The van der Waals surface area contributed by atoms with Gasteiger partial charge in [-0.2, -0.15) is 0 Å². The monoisotopic (exact) mass is 394 g/mol. The summed E-state index contributed by atoms with van der Waals surface area (Å²) in [5.74, 6) is -0.653. The number of carboxylic acids is 1.